The van der Waals surface area contributed by atoms with Crippen LogP contribution in [-0.2, 0) is 34.5 Å². The van der Waals surface area contributed by atoms with E-state index in [4.69, 9.17) is 15.2 Å². The van der Waals surface area contributed by atoms with Crippen LogP contribution in [0.4, 0.5) is 54.8 Å². The topological polar surface area (TPSA) is 85.1 Å². The lowest BCUT2D eigenvalue weighted by atomic mass is 9.88. The summed E-state index contributed by atoms with van der Waals surface area (Å²) in [6, 6.07) is -0.753. The van der Waals surface area contributed by atoms with Crippen LogP contribution < -0.4 is 10.6 Å². The number of anilines is 1. The van der Waals surface area contributed by atoms with Crippen molar-refractivity contribution in [2.24, 2.45) is 5.73 Å². The Labute approximate surface area is 233 Å². The third kappa shape index (κ3) is 7.38. The second-order valence-electron chi connectivity index (χ2n) is 9.50. The number of urea groups is 1. The number of hydrogen-bond acceptors (Lipinski definition) is 4. The first-order chi connectivity index (χ1) is 19.4. The van der Waals surface area contributed by atoms with Crippen LogP contribution in [0.5, 0.6) is 0 Å². The fourth-order valence-electron chi connectivity index (χ4n) is 4.69. The molecule has 232 valence electrons. The van der Waals surface area contributed by atoms with Crippen LogP contribution in [-0.4, -0.2) is 43.4 Å². The number of primary amides is 1. The number of methoxy groups -OCH3 is 1. The zero-order valence-electron chi connectivity index (χ0n) is 22.2. The van der Waals surface area contributed by atoms with Gasteiger partial charge in [-0.15, -0.1) is 0 Å². The van der Waals surface area contributed by atoms with Crippen molar-refractivity contribution < 1.29 is 58.6 Å². The van der Waals surface area contributed by atoms with Crippen LogP contribution in [0.2, 0.25) is 0 Å². The van der Waals surface area contributed by atoms with Crippen LogP contribution in [0.1, 0.15) is 53.6 Å². The maximum absolute atomic E-state index is 13.7. The number of benzene rings is 2. The Balaban J connectivity index is 2.20. The van der Waals surface area contributed by atoms with Gasteiger partial charge in [0.2, 0.25) is 0 Å². The SMILES string of the molecule is CCCOC(=O)N1c2ccc(C(F)(F)F)cc2C(N(Cc2cc(C(F)(F)F)cc(C(F)(F)F)c2)C(N)=O)CC1COC. The number of halogens is 9. The Hall–Kier alpha value is -3.69. The van der Waals surface area contributed by atoms with E-state index in [0.717, 1.165) is 11.0 Å². The lowest BCUT2D eigenvalue weighted by Gasteiger charge is -2.43. The highest BCUT2D eigenvalue weighted by molar-refractivity contribution is 5.90. The molecular weight excluding hydrogens is 589 g/mol. The first-order valence-electron chi connectivity index (χ1n) is 12.4. The zero-order chi connectivity index (χ0) is 31.6. The number of alkyl halides is 9. The van der Waals surface area contributed by atoms with Gasteiger partial charge in [-0.25, -0.2) is 9.59 Å². The largest absolute Gasteiger partial charge is 0.449 e. The van der Waals surface area contributed by atoms with Gasteiger partial charge in [0, 0.05) is 13.7 Å². The number of rotatable bonds is 7. The highest BCUT2D eigenvalue weighted by Gasteiger charge is 2.43. The summed E-state index contributed by atoms with van der Waals surface area (Å²) in [5, 5.41) is 0. The molecule has 1 aliphatic rings. The number of fused-ring (bicyclic) bond motifs is 1. The summed E-state index contributed by atoms with van der Waals surface area (Å²) in [6.45, 7) is 0.534. The molecule has 3 amide bonds. The van der Waals surface area contributed by atoms with Crippen molar-refractivity contribution in [2.75, 3.05) is 25.2 Å². The summed E-state index contributed by atoms with van der Waals surface area (Å²) < 4.78 is 132. The Morgan fingerprint density at radius 1 is 0.929 bits per heavy atom. The summed E-state index contributed by atoms with van der Waals surface area (Å²) in [7, 11) is 1.26. The Morgan fingerprint density at radius 2 is 1.50 bits per heavy atom. The fraction of sp³-hybridized carbons (Fsp3) is 0.462. The molecule has 2 aromatic carbocycles. The average molecular weight is 615 g/mol. The first-order valence-corrected chi connectivity index (χ1v) is 12.4. The Kier molecular flexibility index (Phi) is 9.59. The average Bonchev–Trinajstić information content (AvgIpc) is 2.88. The van der Waals surface area contributed by atoms with Crippen molar-refractivity contribution in [1.82, 2.24) is 4.90 Å². The van der Waals surface area contributed by atoms with E-state index in [0.29, 0.717) is 35.6 Å². The predicted octanol–water partition coefficient (Wildman–Crippen LogP) is 7.14. The van der Waals surface area contributed by atoms with Gasteiger partial charge in [-0.05, 0) is 60.4 Å². The summed E-state index contributed by atoms with van der Waals surface area (Å²) in [5.74, 6) is 0. The third-order valence-electron chi connectivity index (χ3n) is 6.48. The zero-order valence-corrected chi connectivity index (χ0v) is 22.2. The molecule has 0 radical (unpaired) electrons. The van der Waals surface area contributed by atoms with Crippen molar-refractivity contribution in [3.05, 3.63) is 64.2 Å². The number of ether oxygens (including phenoxy) is 2. The normalized spacial score (nSPS) is 17.5. The van der Waals surface area contributed by atoms with Gasteiger partial charge >= 0.3 is 30.7 Å². The van der Waals surface area contributed by atoms with E-state index in [9.17, 15) is 49.1 Å². The lowest BCUT2D eigenvalue weighted by molar-refractivity contribution is -0.143. The number of amides is 3. The summed E-state index contributed by atoms with van der Waals surface area (Å²) >= 11 is 0. The van der Waals surface area contributed by atoms with Crippen LogP contribution in [0.3, 0.4) is 0 Å². The van der Waals surface area contributed by atoms with Crippen molar-refractivity contribution >= 4 is 17.8 Å². The quantitative estimate of drug-likeness (QED) is 0.336. The minimum Gasteiger partial charge on any atom is -0.449 e. The molecule has 2 aromatic rings. The maximum Gasteiger partial charge on any atom is 0.416 e. The minimum absolute atomic E-state index is 0.0288. The van der Waals surface area contributed by atoms with Gasteiger partial charge in [-0.3, -0.25) is 4.90 Å². The molecule has 3 rings (SSSR count). The maximum atomic E-state index is 13.7. The van der Waals surface area contributed by atoms with E-state index >= 15 is 0 Å². The van der Waals surface area contributed by atoms with E-state index < -0.39 is 71.5 Å². The van der Waals surface area contributed by atoms with Crippen molar-refractivity contribution in [3.8, 4) is 0 Å². The van der Waals surface area contributed by atoms with Gasteiger partial charge in [0.05, 0.1) is 47.7 Å². The molecule has 16 heteroatoms. The molecule has 2 unspecified atom stereocenters. The van der Waals surface area contributed by atoms with Crippen molar-refractivity contribution in [3.63, 3.8) is 0 Å². The van der Waals surface area contributed by atoms with Crippen molar-refractivity contribution in [1.29, 1.82) is 0 Å². The molecule has 0 spiro atoms. The highest BCUT2D eigenvalue weighted by Crippen LogP contribution is 2.45. The molecule has 42 heavy (non-hydrogen) atoms. The number of carbonyl (C=O) groups is 2. The molecule has 0 aliphatic carbocycles. The number of carbonyl (C=O) groups excluding carboxylic acids is 2. The van der Waals surface area contributed by atoms with Crippen LogP contribution in [0.15, 0.2) is 36.4 Å². The van der Waals surface area contributed by atoms with E-state index in [2.05, 4.69) is 0 Å². The molecule has 7 nitrogen and oxygen atoms in total. The molecule has 1 aliphatic heterocycles. The molecule has 0 aromatic heterocycles. The third-order valence-corrected chi connectivity index (χ3v) is 6.48. The second kappa shape index (κ2) is 12.3. The van der Waals surface area contributed by atoms with Crippen LogP contribution in [0, 0.1) is 0 Å². The molecule has 0 saturated carbocycles. The molecule has 2 N–H and O–H groups in total. The summed E-state index contributed by atoms with van der Waals surface area (Å²) in [6.07, 6.45) is -16.1. The molecule has 2 atom stereocenters. The van der Waals surface area contributed by atoms with Crippen LogP contribution >= 0.6 is 0 Å². The van der Waals surface area contributed by atoms with Crippen molar-refractivity contribution in [2.45, 2.75) is 56.9 Å². The standard InChI is InChI=1S/C26H26F9N3O4/c1-3-6-42-23(40)38-18(13-41-2)11-21(19-10-15(24(27,28)29)4-5-20(19)38)37(22(36)39)12-14-7-16(25(30,31)32)9-17(8-14)26(33,34)35/h4-5,7-10,18,21H,3,6,11-13H2,1-2H3,(H2,36,39). The number of nitrogens with two attached hydrogens (primary N) is 1. The van der Waals surface area contributed by atoms with Gasteiger partial charge < -0.3 is 20.1 Å². The highest BCUT2D eigenvalue weighted by atomic mass is 19.4. The van der Waals surface area contributed by atoms with Gasteiger partial charge in [0.25, 0.3) is 0 Å². The van der Waals surface area contributed by atoms with E-state index in [1.807, 2.05) is 0 Å². The number of nitrogens with zero attached hydrogens (tertiary/aromatic N) is 2. The second-order valence-corrected chi connectivity index (χ2v) is 9.50. The molecule has 0 fully saturated rings. The smallest absolute Gasteiger partial charge is 0.416 e. The molecule has 0 bridgehead atoms. The molecule has 0 saturated heterocycles. The van der Waals surface area contributed by atoms with E-state index in [1.54, 1.807) is 6.92 Å². The van der Waals surface area contributed by atoms with Gasteiger partial charge in [-0.2, -0.15) is 39.5 Å². The van der Waals surface area contributed by atoms with Gasteiger partial charge in [0.15, 0.2) is 0 Å². The Bertz CT molecular complexity index is 1260. The predicted molar refractivity (Wildman–Crippen MR) is 130 cm³/mol. The van der Waals surface area contributed by atoms with E-state index in [-0.39, 0.29) is 37.0 Å². The fourth-order valence-corrected chi connectivity index (χ4v) is 4.69. The first kappa shape index (κ1) is 32.8. The summed E-state index contributed by atoms with van der Waals surface area (Å²) in [4.78, 5) is 27.3. The van der Waals surface area contributed by atoms with E-state index in [1.165, 1.54) is 7.11 Å². The summed E-state index contributed by atoms with van der Waals surface area (Å²) in [5.41, 5.74) is -0.00239. The van der Waals surface area contributed by atoms with Crippen LogP contribution in [0.25, 0.3) is 0 Å². The lowest BCUT2D eigenvalue weighted by Crippen LogP contribution is -2.51. The number of hydrogen-bond donors (Lipinski definition) is 1. The minimum atomic E-state index is -5.18. The molecular formula is C26H26F9N3O4. The van der Waals surface area contributed by atoms with Gasteiger partial charge in [-0.1, -0.05) is 6.92 Å². The van der Waals surface area contributed by atoms with Gasteiger partial charge in [0.1, 0.15) is 0 Å². The monoisotopic (exact) mass is 615 g/mol. The Morgan fingerprint density at radius 3 is 1.98 bits per heavy atom. The molecule has 1 heterocycles.